The molecule has 0 radical (unpaired) electrons. The predicted octanol–water partition coefficient (Wildman–Crippen LogP) is 13.2. The normalized spacial score (nSPS) is 13.9. The molecule has 1 aliphatic rings. The molecular formula is C46H38. The summed E-state index contributed by atoms with van der Waals surface area (Å²) in [5.41, 5.74) is 13.2. The van der Waals surface area contributed by atoms with Gasteiger partial charge in [-0.05, 0) is 88.8 Å². The third kappa shape index (κ3) is 4.13. The van der Waals surface area contributed by atoms with Crippen LogP contribution in [0.2, 0.25) is 0 Å². The van der Waals surface area contributed by atoms with E-state index in [0.717, 1.165) is 12.8 Å². The van der Waals surface area contributed by atoms with Crippen LogP contribution >= 0.6 is 0 Å². The van der Waals surface area contributed by atoms with E-state index in [1.807, 2.05) is 0 Å². The van der Waals surface area contributed by atoms with Crippen molar-refractivity contribution in [2.24, 2.45) is 0 Å². The monoisotopic (exact) mass is 590 g/mol. The fourth-order valence-electron chi connectivity index (χ4n) is 8.25. The molecule has 46 heavy (non-hydrogen) atoms. The van der Waals surface area contributed by atoms with Crippen molar-refractivity contribution in [1.29, 1.82) is 0 Å². The van der Waals surface area contributed by atoms with Crippen LogP contribution in [0.25, 0.3) is 71.3 Å². The lowest BCUT2D eigenvalue weighted by molar-refractivity contribution is 0.603. The molecule has 0 saturated carbocycles. The first-order chi connectivity index (χ1) is 22.5. The van der Waals surface area contributed by atoms with Crippen LogP contribution in [0.5, 0.6) is 0 Å². The molecule has 0 aliphatic heterocycles. The molecule has 0 amide bonds. The van der Waals surface area contributed by atoms with E-state index >= 15 is 0 Å². The van der Waals surface area contributed by atoms with Gasteiger partial charge in [-0.2, -0.15) is 0 Å². The average molecular weight is 591 g/mol. The van der Waals surface area contributed by atoms with E-state index < -0.39 is 0 Å². The topological polar surface area (TPSA) is 0 Å². The molecule has 0 nitrogen and oxygen atoms in total. The number of allylic oxidation sites excluding steroid dienone is 3. The first-order valence-electron chi connectivity index (χ1n) is 16.6. The smallest absolute Gasteiger partial charge is 0.0121 e. The number of rotatable bonds is 6. The van der Waals surface area contributed by atoms with E-state index in [1.54, 1.807) is 0 Å². The minimum atomic E-state index is -0.0149. The maximum absolute atomic E-state index is 4.32. The van der Waals surface area contributed by atoms with Crippen molar-refractivity contribution in [3.8, 4) is 33.4 Å². The summed E-state index contributed by atoms with van der Waals surface area (Å²) in [6, 6.07) is 49.3. The maximum atomic E-state index is 4.32. The van der Waals surface area contributed by atoms with Gasteiger partial charge in [-0.3, -0.25) is 0 Å². The Bertz CT molecular complexity index is 2290. The van der Waals surface area contributed by atoms with Crippen LogP contribution in [0.3, 0.4) is 0 Å². The average Bonchev–Trinajstić information content (AvgIpc) is 3.32. The molecule has 7 aromatic carbocycles. The third-order valence-corrected chi connectivity index (χ3v) is 10.3. The van der Waals surface area contributed by atoms with Gasteiger partial charge in [0.1, 0.15) is 0 Å². The maximum Gasteiger partial charge on any atom is 0.0121 e. The Morgan fingerprint density at radius 1 is 0.500 bits per heavy atom. The summed E-state index contributed by atoms with van der Waals surface area (Å²) >= 11 is 0. The molecule has 0 heteroatoms. The van der Waals surface area contributed by atoms with Gasteiger partial charge in [0.2, 0.25) is 0 Å². The molecule has 0 saturated heterocycles. The van der Waals surface area contributed by atoms with Gasteiger partial charge in [-0.25, -0.2) is 0 Å². The fourth-order valence-corrected chi connectivity index (χ4v) is 8.25. The molecule has 0 heterocycles. The zero-order chi connectivity index (χ0) is 31.4. The molecule has 8 rings (SSSR count). The highest BCUT2D eigenvalue weighted by Gasteiger charge is 2.37. The highest BCUT2D eigenvalue weighted by Crippen LogP contribution is 2.53. The molecule has 0 aromatic heterocycles. The van der Waals surface area contributed by atoms with Gasteiger partial charge in [-0.15, -0.1) is 0 Å². The lowest BCUT2D eigenvalue weighted by Gasteiger charge is -2.25. The fraction of sp³-hybridized carbons (Fsp3) is 0.130. The Labute approximate surface area is 272 Å². The number of hydrogen-bond acceptors (Lipinski definition) is 0. The Morgan fingerprint density at radius 2 is 1.02 bits per heavy atom. The minimum Gasteiger partial charge on any atom is -0.0984 e. The molecule has 7 aromatic rings. The lowest BCUT2D eigenvalue weighted by Crippen LogP contribution is -2.17. The van der Waals surface area contributed by atoms with Gasteiger partial charge in [0.25, 0.3) is 0 Å². The molecule has 0 atom stereocenters. The SMILES string of the molecule is C=CC1=C(CCC)C(C)(C)c2cccc(-c3ccc(-c4c5ccccc5c(-c5ccccc5)c5ccccc45)c4ccccc34)c21. The van der Waals surface area contributed by atoms with Gasteiger partial charge in [0.05, 0.1) is 0 Å². The highest BCUT2D eigenvalue weighted by atomic mass is 14.4. The summed E-state index contributed by atoms with van der Waals surface area (Å²) in [6.07, 6.45) is 4.31. The molecule has 0 N–H and O–H groups in total. The summed E-state index contributed by atoms with van der Waals surface area (Å²) < 4.78 is 0. The number of hydrogen-bond donors (Lipinski definition) is 0. The Morgan fingerprint density at radius 3 is 1.61 bits per heavy atom. The molecule has 0 bridgehead atoms. The van der Waals surface area contributed by atoms with Crippen LogP contribution in [0.1, 0.15) is 44.7 Å². The molecule has 222 valence electrons. The van der Waals surface area contributed by atoms with Crippen LogP contribution in [0, 0.1) is 0 Å². The van der Waals surface area contributed by atoms with Crippen LogP contribution in [-0.2, 0) is 5.41 Å². The summed E-state index contributed by atoms with van der Waals surface area (Å²) in [5, 5.41) is 7.67. The van der Waals surface area contributed by atoms with Crippen LogP contribution in [0.15, 0.2) is 152 Å². The number of benzene rings is 7. The third-order valence-electron chi connectivity index (χ3n) is 10.3. The van der Waals surface area contributed by atoms with E-state index in [9.17, 15) is 0 Å². The zero-order valence-corrected chi connectivity index (χ0v) is 26.9. The lowest BCUT2D eigenvalue weighted by atomic mass is 9.79. The van der Waals surface area contributed by atoms with E-state index in [2.05, 4.69) is 167 Å². The minimum absolute atomic E-state index is 0.0149. The van der Waals surface area contributed by atoms with Gasteiger partial charge >= 0.3 is 0 Å². The van der Waals surface area contributed by atoms with Crippen LogP contribution in [0.4, 0.5) is 0 Å². The van der Waals surface area contributed by atoms with E-state index in [0.29, 0.717) is 0 Å². The summed E-state index contributed by atoms with van der Waals surface area (Å²) in [7, 11) is 0. The standard InChI is InChI=1S/C46H38/c1-5-17-41-31(6-2)45-35(26-16-27-42(45)46(41,3)4)34-28-29-40(33-21-11-10-20-32(33)34)44-38-24-14-12-22-36(38)43(30-18-8-7-9-19-30)37-23-13-15-25-39(37)44/h6-16,18-29H,2,5,17H2,1,3-4H3. The van der Waals surface area contributed by atoms with Gasteiger partial charge in [0.15, 0.2) is 0 Å². The van der Waals surface area contributed by atoms with Crippen molar-refractivity contribution < 1.29 is 0 Å². The highest BCUT2D eigenvalue weighted by molar-refractivity contribution is 6.24. The Kier molecular flexibility index (Phi) is 6.76. The second-order valence-electron chi connectivity index (χ2n) is 13.1. The van der Waals surface area contributed by atoms with Crippen molar-refractivity contribution in [3.63, 3.8) is 0 Å². The van der Waals surface area contributed by atoms with Crippen LogP contribution in [-0.4, -0.2) is 0 Å². The quantitative estimate of drug-likeness (QED) is 0.169. The Hall–Kier alpha value is -5.20. The van der Waals surface area contributed by atoms with Crippen molar-refractivity contribution in [3.05, 3.63) is 163 Å². The first kappa shape index (κ1) is 28.3. The van der Waals surface area contributed by atoms with Gasteiger partial charge < -0.3 is 0 Å². The summed E-state index contributed by atoms with van der Waals surface area (Å²) in [4.78, 5) is 0. The van der Waals surface area contributed by atoms with E-state index in [1.165, 1.54) is 88.0 Å². The molecule has 0 fully saturated rings. The van der Waals surface area contributed by atoms with Crippen molar-refractivity contribution in [2.45, 2.75) is 39.0 Å². The predicted molar refractivity (Wildman–Crippen MR) is 200 cm³/mol. The largest absolute Gasteiger partial charge is 0.0984 e. The zero-order valence-electron chi connectivity index (χ0n) is 26.9. The van der Waals surface area contributed by atoms with E-state index in [4.69, 9.17) is 0 Å². The summed E-state index contributed by atoms with van der Waals surface area (Å²) in [5.74, 6) is 0. The van der Waals surface area contributed by atoms with Crippen molar-refractivity contribution in [1.82, 2.24) is 0 Å². The molecular weight excluding hydrogens is 553 g/mol. The first-order valence-corrected chi connectivity index (χ1v) is 16.6. The molecule has 0 unspecified atom stereocenters. The molecule has 1 aliphatic carbocycles. The second kappa shape index (κ2) is 11.0. The second-order valence-corrected chi connectivity index (χ2v) is 13.1. The van der Waals surface area contributed by atoms with Gasteiger partial charge in [0, 0.05) is 5.41 Å². The van der Waals surface area contributed by atoms with Crippen molar-refractivity contribution >= 4 is 37.9 Å². The van der Waals surface area contributed by atoms with Crippen LogP contribution < -0.4 is 0 Å². The summed E-state index contributed by atoms with van der Waals surface area (Å²) in [6.45, 7) is 11.4. The van der Waals surface area contributed by atoms with Crippen molar-refractivity contribution in [2.75, 3.05) is 0 Å². The Balaban J connectivity index is 1.44. The van der Waals surface area contributed by atoms with Gasteiger partial charge in [-0.1, -0.05) is 179 Å². The molecule has 0 spiro atoms. The number of fused-ring (bicyclic) bond motifs is 4. The van der Waals surface area contributed by atoms with E-state index in [-0.39, 0.29) is 5.41 Å².